The maximum Gasteiger partial charge on any atom is 0.345 e. The SMILES string of the molecule is NCCc1cc(C2CCC2)nc(=O)[nH]1. The van der Waals surface area contributed by atoms with Crippen molar-refractivity contribution in [3.63, 3.8) is 0 Å². The molecule has 1 aliphatic rings. The summed E-state index contributed by atoms with van der Waals surface area (Å²) in [4.78, 5) is 17.9. The van der Waals surface area contributed by atoms with Gasteiger partial charge in [-0.15, -0.1) is 0 Å². The second kappa shape index (κ2) is 3.92. The average Bonchev–Trinajstić information content (AvgIpc) is 1.99. The first-order valence-electron chi connectivity index (χ1n) is 5.10. The molecule has 1 saturated carbocycles. The van der Waals surface area contributed by atoms with Gasteiger partial charge in [-0.3, -0.25) is 0 Å². The van der Waals surface area contributed by atoms with Crippen molar-refractivity contribution in [1.29, 1.82) is 0 Å². The second-order valence-corrected chi connectivity index (χ2v) is 3.80. The number of nitrogens with one attached hydrogen (secondary N) is 1. The summed E-state index contributed by atoms with van der Waals surface area (Å²) in [7, 11) is 0. The summed E-state index contributed by atoms with van der Waals surface area (Å²) < 4.78 is 0. The van der Waals surface area contributed by atoms with Crippen molar-refractivity contribution in [3.8, 4) is 0 Å². The molecule has 0 amide bonds. The Bertz CT molecular complexity index is 368. The molecule has 1 aromatic heterocycles. The zero-order valence-corrected chi connectivity index (χ0v) is 8.12. The van der Waals surface area contributed by atoms with Crippen molar-refractivity contribution in [2.75, 3.05) is 6.54 Å². The van der Waals surface area contributed by atoms with Crippen LogP contribution in [-0.4, -0.2) is 16.5 Å². The highest BCUT2D eigenvalue weighted by Gasteiger charge is 2.21. The first-order valence-corrected chi connectivity index (χ1v) is 5.10. The van der Waals surface area contributed by atoms with Gasteiger partial charge in [0.2, 0.25) is 0 Å². The van der Waals surface area contributed by atoms with Crippen molar-refractivity contribution in [2.45, 2.75) is 31.6 Å². The fourth-order valence-corrected chi connectivity index (χ4v) is 1.73. The van der Waals surface area contributed by atoms with E-state index in [2.05, 4.69) is 9.97 Å². The molecule has 1 heterocycles. The molecule has 1 aromatic rings. The molecule has 1 aliphatic carbocycles. The van der Waals surface area contributed by atoms with E-state index in [9.17, 15) is 4.79 Å². The minimum atomic E-state index is -0.238. The standard InChI is InChI=1S/C10H15N3O/c11-5-4-8-6-9(7-2-1-3-7)13-10(14)12-8/h6-7H,1-5,11H2,(H,12,13,14). The minimum Gasteiger partial charge on any atom is -0.330 e. The number of hydrogen-bond acceptors (Lipinski definition) is 3. The van der Waals surface area contributed by atoms with E-state index in [1.165, 1.54) is 19.3 Å². The van der Waals surface area contributed by atoms with Crippen LogP contribution in [0.5, 0.6) is 0 Å². The van der Waals surface area contributed by atoms with Crippen LogP contribution in [0.4, 0.5) is 0 Å². The van der Waals surface area contributed by atoms with Gasteiger partial charge in [-0.25, -0.2) is 4.79 Å². The van der Waals surface area contributed by atoms with Gasteiger partial charge in [0.25, 0.3) is 0 Å². The van der Waals surface area contributed by atoms with Crippen LogP contribution in [0.2, 0.25) is 0 Å². The van der Waals surface area contributed by atoms with Crippen molar-refractivity contribution in [1.82, 2.24) is 9.97 Å². The molecule has 0 unspecified atom stereocenters. The van der Waals surface area contributed by atoms with Crippen LogP contribution in [-0.2, 0) is 6.42 Å². The topological polar surface area (TPSA) is 71.8 Å². The molecular formula is C10H15N3O. The lowest BCUT2D eigenvalue weighted by Gasteiger charge is -2.24. The average molecular weight is 193 g/mol. The summed E-state index contributed by atoms with van der Waals surface area (Å²) >= 11 is 0. The van der Waals surface area contributed by atoms with E-state index in [1.807, 2.05) is 6.07 Å². The van der Waals surface area contributed by atoms with E-state index in [-0.39, 0.29) is 5.69 Å². The van der Waals surface area contributed by atoms with Gasteiger partial charge in [0, 0.05) is 11.6 Å². The number of nitrogens with two attached hydrogens (primary N) is 1. The number of aromatic nitrogens is 2. The van der Waals surface area contributed by atoms with Crippen LogP contribution in [0.15, 0.2) is 10.9 Å². The second-order valence-electron chi connectivity index (χ2n) is 3.80. The van der Waals surface area contributed by atoms with E-state index in [4.69, 9.17) is 5.73 Å². The highest BCUT2D eigenvalue weighted by atomic mass is 16.1. The van der Waals surface area contributed by atoms with Gasteiger partial charge in [0.15, 0.2) is 0 Å². The number of nitrogens with zero attached hydrogens (tertiary/aromatic N) is 1. The van der Waals surface area contributed by atoms with E-state index in [0.29, 0.717) is 12.5 Å². The highest BCUT2D eigenvalue weighted by molar-refractivity contribution is 5.15. The Morgan fingerprint density at radius 2 is 2.36 bits per heavy atom. The summed E-state index contributed by atoms with van der Waals surface area (Å²) in [5.41, 5.74) is 7.06. The maximum absolute atomic E-state index is 11.2. The van der Waals surface area contributed by atoms with E-state index in [0.717, 1.165) is 17.8 Å². The molecule has 0 spiro atoms. The molecule has 0 aromatic carbocycles. The molecule has 0 aliphatic heterocycles. The third kappa shape index (κ3) is 1.85. The lowest BCUT2D eigenvalue weighted by atomic mass is 9.82. The number of aromatic amines is 1. The minimum absolute atomic E-state index is 0.238. The Labute approximate surface area is 82.6 Å². The van der Waals surface area contributed by atoms with Crippen LogP contribution in [0.3, 0.4) is 0 Å². The maximum atomic E-state index is 11.2. The Morgan fingerprint density at radius 1 is 1.57 bits per heavy atom. The molecular weight excluding hydrogens is 178 g/mol. The van der Waals surface area contributed by atoms with Crippen LogP contribution >= 0.6 is 0 Å². The zero-order chi connectivity index (χ0) is 9.97. The summed E-state index contributed by atoms with van der Waals surface area (Å²) in [5.74, 6) is 0.508. The first-order chi connectivity index (χ1) is 6.79. The van der Waals surface area contributed by atoms with Gasteiger partial charge in [-0.05, 0) is 31.9 Å². The molecule has 4 heteroatoms. The van der Waals surface area contributed by atoms with Gasteiger partial charge in [0.1, 0.15) is 0 Å². The van der Waals surface area contributed by atoms with E-state index >= 15 is 0 Å². The van der Waals surface area contributed by atoms with Crippen molar-refractivity contribution >= 4 is 0 Å². The lowest BCUT2D eigenvalue weighted by Crippen LogP contribution is -2.21. The summed E-state index contributed by atoms with van der Waals surface area (Å²) in [5, 5.41) is 0. The molecule has 3 N–H and O–H groups in total. The Kier molecular flexibility index (Phi) is 2.63. The lowest BCUT2D eigenvalue weighted by molar-refractivity contribution is 0.409. The molecule has 4 nitrogen and oxygen atoms in total. The Balaban J connectivity index is 2.26. The fourth-order valence-electron chi connectivity index (χ4n) is 1.73. The van der Waals surface area contributed by atoms with Crippen LogP contribution in [0, 0.1) is 0 Å². The smallest absolute Gasteiger partial charge is 0.330 e. The molecule has 0 radical (unpaired) electrons. The Morgan fingerprint density at radius 3 is 2.93 bits per heavy atom. The molecule has 2 rings (SSSR count). The third-order valence-corrected chi connectivity index (χ3v) is 2.76. The predicted molar refractivity (Wildman–Crippen MR) is 54.2 cm³/mol. The van der Waals surface area contributed by atoms with Crippen LogP contribution in [0.25, 0.3) is 0 Å². The molecule has 0 atom stereocenters. The molecule has 1 fully saturated rings. The summed E-state index contributed by atoms with van der Waals surface area (Å²) in [6.07, 6.45) is 4.31. The molecule has 14 heavy (non-hydrogen) atoms. The highest BCUT2D eigenvalue weighted by Crippen LogP contribution is 2.34. The normalized spacial score (nSPS) is 16.6. The van der Waals surface area contributed by atoms with Gasteiger partial charge < -0.3 is 10.7 Å². The number of hydrogen-bond donors (Lipinski definition) is 2. The predicted octanol–water partition coefficient (Wildman–Crippen LogP) is 0.539. The van der Waals surface area contributed by atoms with Crippen LogP contribution in [0.1, 0.15) is 36.6 Å². The molecule has 0 saturated heterocycles. The monoisotopic (exact) mass is 193 g/mol. The summed E-state index contributed by atoms with van der Waals surface area (Å²) in [6.45, 7) is 0.560. The van der Waals surface area contributed by atoms with Crippen LogP contribution < -0.4 is 11.4 Å². The van der Waals surface area contributed by atoms with Gasteiger partial charge in [-0.2, -0.15) is 4.98 Å². The Hall–Kier alpha value is -1.16. The van der Waals surface area contributed by atoms with Crippen molar-refractivity contribution in [2.24, 2.45) is 5.73 Å². The quantitative estimate of drug-likeness (QED) is 0.736. The molecule has 0 bridgehead atoms. The zero-order valence-electron chi connectivity index (χ0n) is 8.12. The summed E-state index contributed by atoms with van der Waals surface area (Å²) in [6, 6.07) is 1.98. The third-order valence-electron chi connectivity index (χ3n) is 2.76. The largest absolute Gasteiger partial charge is 0.345 e. The van der Waals surface area contributed by atoms with Gasteiger partial charge >= 0.3 is 5.69 Å². The van der Waals surface area contributed by atoms with Gasteiger partial charge in [0.05, 0.1) is 5.69 Å². The number of rotatable bonds is 3. The van der Waals surface area contributed by atoms with Gasteiger partial charge in [-0.1, -0.05) is 6.42 Å². The fraction of sp³-hybridized carbons (Fsp3) is 0.600. The van der Waals surface area contributed by atoms with Crippen molar-refractivity contribution in [3.05, 3.63) is 27.9 Å². The molecule has 76 valence electrons. The van der Waals surface area contributed by atoms with Crippen molar-refractivity contribution < 1.29 is 0 Å². The van der Waals surface area contributed by atoms with E-state index in [1.54, 1.807) is 0 Å². The number of H-pyrrole nitrogens is 1. The first kappa shape index (κ1) is 9.40. The van der Waals surface area contributed by atoms with E-state index < -0.39 is 0 Å².